The average molecular weight is 374 g/mol. The second kappa shape index (κ2) is 6.69. The van der Waals surface area contributed by atoms with Crippen molar-refractivity contribution < 1.29 is 9.84 Å². The first-order valence-corrected chi connectivity index (χ1v) is 9.11. The summed E-state index contributed by atoms with van der Waals surface area (Å²) in [5, 5.41) is 11.3. The van der Waals surface area contributed by atoms with Crippen LogP contribution in [0.1, 0.15) is 19.4 Å². The Labute approximate surface area is 162 Å². The van der Waals surface area contributed by atoms with Gasteiger partial charge in [0.2, 0.25) is 0 Å². The molecule has 28 heavy (non-hydrogen) atoms. The Hall–Kier alpha value is -3.31. The minimum absolute atomic E-state index is 0.0899. The zero-order valence-electron chi connectivity index (χ0n) is 16.1. The standard InChI is InChI=1S/C23H22N2O3/c1-23(2,27)15-9-10-20(28-16-7-5-4-6-8-16)18(13-15)19-14-25(3)22(26)21-17(19)11-12-24-21/h4-14,24,27H,1-3H3. The van der Waals surface area contributed by atoms with E-state index in [0.29, 0.717) is 11.3 Å². The monoisotopic (exact) mass is 374 g/mol. The smallest absolute Gasteiger partial charge is 0.274 e. The molecule has 0 atom stereocenters. The summed E-state index contributed by atoms with van der Waals surface area (Å²) in [7, 11) is 1.73. The second-order valence-corrected chi connectivity index (χ2v) is 7.41. The molecule has 0 bridgehead atoms. The van der Waals surface area contributed by atoms with E-state index in [1.165, 1.54) is 0 Å². The van der Waals surface area contributed by atoms with Gasteiger partial charge in [-0.1, -0.05) is 24.3 Å². The molecule has 0 amide bonds. The SMILES string of the molecule is Cn1cc(-c2cc(C(C)(C)O)ccc2Oc2ccccc2)c2cc[nH]c2c1=O. The lowest BCUT2D eigenvalue weighted by Gasteiger charge is -2.21. The Bertz CT molecular complexity index is 1200. The van der Waals surface area contributed by atoms with Crippen molar-refractivity contribution in [1.29, 1.82) is 0 Å². The molecule has 0 aliphatic heterocycles. The number of pyridine rings is 1. The largest absolute Gasteiger partial charge is 0.457 e. The average Bonchev–Trinajstić information content (AvgIpc) is 3.15. The van der Waals surface area contributed by atoms with Crippen molar-refractivity contribution in [3.63, 3.8) is 0 Å². The number of ether oxygens (including phenoxy) is 1. The first kappa shape index (κ1) is 18.1. The molecular formula is C23H22N2O3. The number of benzene rings is 2. The van der Waals surface area contributed by atoms with E-state index in [-0.39, 0.29) is 5.56 Å². The highest BCUT2D eigenvalue weighted by Crippen LogP contribution is 2.38. The van der Waals surface area contributed by atoms with E-state index in [2.05, 4.69) is 4.98 Å². The first-order valence-electron chi connectivity index (χ1n) is 9.11. The van der Waals surface area contributed by atoms with Crippen LogP contribution in [0.5, 0.6) is 11.5 Å². The summed E-state index contributed by atoms with van der Waals surface area (Å²) in [4.78, 5) is 15.5. The number of para-hydroxylation sites is 1. The summed E-state index contributed by atoms with van der Waals surface area (Å²) in [6.45, 7) is 3.49. The van der Waals surface area contributed by atoms with Crippen molar-refractivity contribution in [2.45, 2.75) is 19.4 Å². The minimum Gasteiger partial charge on any atom is -0.457 e. The molecule has 2 heterocycles. The fourth-order valence-corrected chi connectivity index (χ4v) is 3.31. The molecule has 5 nitrogen and oxygen atoms in total. The number of fused-ring (bicyclic) bond motifs is 1. The van der Waals surface area contributed by atoms with Gasteiger partial charge in [0.15, 0.2) is 0 Å². The van der Waals surface area contributed by atoms with Crippen molar-refractivity contribution >= 4 is 10.9 Å². The van der Waals surface area contributed by atoms with Crippen LogP contribution in [0.25, 0.3) is 22.0 Å². The van der Waals surface area contributed by atoms with Crippen LogP contribution in [-0.2, 0) is 12.6 Å². The Morgan fingerprint density at radius 3 is 2.50 bits per heavy atom. The summed E-state index contributed by atoms with van der Waals surface area (Å²) in [5.41, 5.74) is 1.88. The lowest BCUT2D eigenvalue weighted by atomic mass is 9.93. The van der Waals surface area contributed by atoms with Gasteiger partial charge in [0.1, 0.15) is 17.0 Å². The highest BCUT2D eigenvalue weighted by molar-refractivity contribution is 5.96. The predicted octanol–water partition coefficient (Wildman–Crippen LogP) is 4.55. The number of aryl methyl sites for hydroxylation is 1. The third kappa shape index (κ3) is 3.21. The van der Waals surface area contributed by atoms with Crippen LogP contribution < -0.4 is 10.3 Å². The van der Waals surface area contributed by atoms with E-state index >= 15 is 0 Å². The normalized spacial score (nSPS) is 11.7. The predicted molar refractivity (Wildman–Crippen MR) is 111 cm³/mol. The molecule has 2 aromatic heterocycles. The number of rotatable bonds is 4. The van der Waals surface area contributed by atoms with Crippen molar-refractivity contribution in [3.05, 3.63) is 82.9 Å². The van der Waals surface area contributed by atoms with E-state index in [9.17, 15) is 9.90 Å². The van der Waals surface area contributed by atoms with Crippen molar-refractivity contribution in [2.24, 2.45) is 7.05 Å². The van der Waals surface area contributed by atoms with E-state index in [0.717, 1.165) is 27.8 Å². The fourth-order valence-electron chi connectivity index (χ4n) is 3.31. The van der Waals surface area contributed by atoms with E-state index in [4.69, 9.17) is 4.74 Å². The molecule has 0 spiro atoms. The van der Waals surface area contributed by atoms with Gasteiger partial charge in [0, 0.05) is 36.0 Å². The number of nitrogens with one attached hydrogen (secondary N) is 1. The fraction of sp³-hybridized carbons (Fsp3) is 0.174. The van der Waals surface area contributed by atoms with Crippen LogP contribution in [0, 0.1) is 0 Å². The molecule has 0 saturated carbocycles. The van der Waals surface area contributed by atoms with E-state index in [1.54, 1.807) is 37.9 Å². The van der Waals surface area contributed by atoms with Crippen LogP contribution in [0.2, 0.25) is 0 Å². The minimum atomic E-state index is -1.00. The molecular weight excluding hydrogens is 352 g/mol. The van der Waals surface area contributed by atoms with Gasteiger partial charge in [-0.3, -0.25) is 4.79 Å². The molecule has 4 aromatic rings. The highest BCUT2D eigenvalue weighted by atomic mass is 16.5. The molecule has 0 radical (unpaired) electrons. The second-order valence-electron chi connectivity index (χ2n) is 7.41. The van der Waals surface area contributed by atoms with Crippen LogP contribution >= 0.6 is 0 Å². The van der Waals surface area contributed by atoms with Gasteiger partial charge in [0.25, 0.3) is 5.56 Å². The van der Waals surface area contributed by atoms with Crippen LogP contribution in [0.15, 0.2) is 71.8 Å². The summed E-state index contributed by atoms with van der Waals surface area (Å²) in [5.74, 6) is 1.37. The molecule has 0 aliphatic rings. The number of hydrogen-bond donors (Lipinski definition) is 2. The number of nitrogens with zero attached hydrogens (tertiary/aromatic N) is 1. The summed E-state index contributed by atoms with van der Waals surface area (Å²) < 4.78 is 7.70. The van der Waals surface area contributed by atoms with Crippen molar-refractivity contribution in [1.82, 2.24) is 9.55 Å². The lowest BCUT2D eigenvalue weighted by molar-refractivity contribution is 0.0786. The van der Waals surface area contributed by atoms with Gasteiger partial charge in [-0.05, 0) is 49.7 Å². The molecule has 0 saturated heterocycles. The van der Waals surface area contributed by atoms with E-state index in [1.807, 2.05) is 54.6 Å². The topological polar surface area (TPSA) is 67.2 Å². The molecule has 0 unspecified atom stereocenters. The molecule has 2 aromatic carbocycles. The van der Waals surface area contributed by atoms with Gasteiger partial charge >= 0.3 is 0 Å². The van der Waals surface area contributed by atoms with Gasteiger partial charge in [-0.25, -0.2) is 0 Å². The van der Waals surface area contributed by atoms with Crippen molar-refractivity contribution in [3.8, 4) is 22.6 Å². The number of hydrogen-bond acceptors (Lipinski definition) is 3. The quantitative estimate of drug-likeness (QED) is 0.550. The van der Waals surface area contributed by atoms with Gasteiger partial charge in [-0.15, -0.1) is 0 Å². The van der Waals surface area contributed by atoms with Gasteiger partial charge < -0.3 is 19.4 Å². The van der Waals surface area contributed by atoms with Gasteiger partial charge in [0.05, 0.1) is 5.60 Å². The number of H-pyrrole nitrogens is 1. The zero-order chi connectivity index (χ0) is 19.9. The van der Waals surface area contributed by atoms with E-state index < -0.39 is 5.60 Å². The molecule has 0 aliphatic carbocycles. The molecule has 0 fully saturated rings. The lowest BCUT2D eigenvalue weighted by Crippen LogP contribution is -2.17. The maximum atomic E-state index is 12.4. The van der Waals surface area contributed by atoms with Crippen LogP contribution in [-0.4, -0.2) is 14.7 Å². The summed E-state index contributed by atoms with van der Waals surface area (Å²) >= 11 is 0. The Kier molecular flexibility index (Phi) is 4.32. The number of aliphatic hydroxyl groups is 1. The first-order chi connectivity index (χ1) is 13.3. The number of aromatic amines is 1. The Balaban J connectivity index is 1.97. The third-order valence-corrected chi connectivity index (χ3v) is 4.84. The number of aromatic nitrogens is 2. The maximum absolute atomic E-state index is 12.4. The summed E-state index contributed by atoms with van der Waals surface area (Å²) in [6.07, 6.45) is 3.56. The molecule has 142 valence electrons. The summed E-state index contributed by atoms with van der Waals surface area (Å²) in [6, 6.07) is 17.1. The Morgan fingerprint density at radius 1 is 1.04 bits per heavy atom. The zero-order valence-corrected chi connectivity index (χ0v) is 16.1. The van der Waals surface area contributed by atoms with Crippen molar-refractivity contribution in [2.75, 3.05) is 0 Å². The molecule has 4 rings (SSSR count). The molecule has 2 N–H and O–H groups in total. The highest BCUT2D eigenvalue weighted by Gasteiger charge is 2.21. The van der Waals surface area contributed by atoms with Gasteiger partial charge in [-0.2, -0.15) is 0 Å². The Morgan fingerprint density at radius 2 is 1.79 bits per heavy atom. The van der Waals surface area contributed by atoms with Crippen LogP contribution in [0.4, 0.5) is 0 Å². The molecule has 5 heteroatoms. The third-order valence-electron chi connectivity index (χ3n) is 4.84. The maximum Gasteiger partial charge on any atom is 0.274 e. The van der Waals surface area contributed by atoms with Crippen LogP contribution in [0.3, 0.4) is 0 Å².